The second-order valence-electron chi connectivity index (χ2n) is 8.49. The Morgan fingerprint density at radius 3 is 2.66 bits per heavy atom. The molecule has 4 heterocycles. The number of rotatable bonds is 5. The Morgan fingerprint density at radius 2 is 1.91 bits per heavy atom. The fourth-order valence-corrected chi connectivity index (χ4v) is 4.58. The summed E-state index contributed by atoms with van der Waals surface area (Å²) in [5.74, 6) is 2.20. The maximum absolute atomic E-state index is 13.6. The van der Waals surface area contributed by atoms with E-state index in [-0.39, 0.29) is 11.9 Å². The molecule has 1 amide bonds. The summed E-state index contributed by atoms with van der Waals surface area (Å²) in [6, 6.07) is 9.80. The highest BCUT2D eigenvalue weighted by Gasteiger charge is 2.44. The maximum atomic E-state index is 13.6. The van der Waals surface area contributed by atoms with Crippen molar-refractivity contribution in [3.8, 4) is 11.4 Å². The lowest BCUT2D eigenvalue weighted by Gasteiger charge is -2.54. The summed E-state index contributed by atoms with van der Waals surface area (Å²) in [6.45, 7) is 2.41. The van der Waals surface area contributed by atoms with Gasteiger partial charge in [0.1, 0.15) is 17.3 Å². The molecule has 2 atom stereocenters. The highest BCUT2D eigenvalue weighted by atomic mass is 16.5. The molecule has 2 fully saturated rings. The first-order valence-corrected chi connectivity index (χ1v) is 10.8. The van der Waals surface area contributed by atoms with Gasteiger partial charge < -0.3 is 19.4 Å². The predicted octanol–water partition coefficient (Wildman–Crippen LogP) is 2.09. The predicted molar refractivity (Wildman–Crippen MR) is 122 cm³/mol. The third-order valence-electron chi connectivity index (χ3n) is 6.45. The van der Waals surface area contributed by atoms with Crippen molar-refractivity contribution >= 4 is 17.4 Å². The number of carbonyl (C=O) groups excluding carboxylic acids is 1. The minimum absolute atomic E-state index is 0.0137. The van der Waals surface area contributed by atoms with Gasteiger partial charge in [-0.25, -0.2) is 4.98 Å². The van der Waals surface area contributed by atoms with Crippen LogP contribution in [0, 0.1) is 5.92 Å². The van der Waals surface area contributed by atoms with Gasteiger partial charge >= 0.3 is 0 Å². The lowest BCUT2D eigenvalue weighted by Crippen LogP contribution is -2.65. The molecule has 32 heavy (non-hydrogen) atoms. The summed E-state index contributed by atoms with van der Waals surface area (Å²) >= 11 is 0. The number of nitrogens with zero attached hydrogens (tertiary/aromatic N) is 7. The number of likely N-dealkylation sites (tertiary alicyclic amines) is 1. The number of ether oxygens (including phenoxy) is 1. The third kappa shape index (κ3) is 3.53. The highest BCUT2D eigenvalue weighted by Crippen LogP contribution is 2.37. The monoisotopic (exact) mass is 433 g/mol. The molecule has 0 aliphatic carbocycles. The lowest BCUT2D eigenvalue weighted by atomic mass is 9.82. The van der Waals surface area contributed by atoms with Crippen LogP contribution in [-0.4, -0.2) is 77.7 Å². The second-order valence-corrected chi connectivity index (χ2v) is 8.49. The number of hydrogen-bond acceptors (Lipinski definition) is 7. The fourth-order valence-electron chi connectivity index (χ4n) is 4.58. The van der Waals surface area contributed by atoms with Crippen LogP contribution in [0.4, 0.5) is 11.5 Å². The number of aromatic nitrogens is 4. The molecule has 2 saturated heterocycles. The summed E-state index contributed by atoms with van der Waals surface area (Å²) in [5.41, 5.74) is 2.31. The molecule has 1 aromatic carbocycles. The number of fused-ring (bicyclic) bond motifs is 1. The Balaban J connectivity index is 1.38. The van der Waals surface area contributed by atoms with Gasteiger partial charge in [-0.3, -0.25) is 4.79 Å². The highest BCUT2D eigenvalue weighted by molar-refractivity contribution is 5.98. The van der Waals surface area contributed by atoms with Crippen LogP contribution in [0.25, 0.3) is 5.69 Å². The van der Waals surface area contributed by atoms with E-state index >= 15 is 0 Å². The molecular formula is C23H27N7O2. The Morgan fingerprint density at radius 1 is 1.09 bits per heavy atom. The number of anilines is 2. The first kappa shape index (κ1) is 20.3. The minimum atomic E-state index is -0.0137. The molecule has 9 nitrogen and oxygen atoms in total. The van der Waals surface area contributed by atoms with Crippen LogP contribution < -0.4 is 14.5 Å². The van der Waals surface area contributed by atoms with Crippen molar-refractivity contribution in [1.29, 1.82) is 0 Å². The standard InChI is InChI=1S/C23H27N7O2/c1-27(2)17-6-8-24-22(12-17)29-14-16-7-11-28(15-21(16)29)23(31)19-5-4-18(32-3)13-20(19)30-25-9-10-26-30/h4-6,8-10,12-13,16,21H,7,11,14-15H2,1-3H3. The molecule has 0 spiro atoms. The average Bonchev–Trinajstić information content (AvgIpc) is 3.34. The number of carbonyl (C=O) groups is 1. The molecule has 5 rings (SSSR count). The van der Waals surface area contributed by atoms with E-state index in [0.29, 0.717) is 29.5 Å². The normalized spacial score (nSPS) is 19.8. The van der Waals surface area contributed by atoms with E-state index in [1.54, 1.807) is 37.7 Å². The number of piperidine rings is 1. The van der Waals surface area contributed by atoms with Gasteiger partial charge in [-0.1, -0.05) is 0 Å². The van der Waals surface area contributed by atoms with Crippen LogP contribution in [0.2, 0.25) is 0 Å². The zero-order valence-electron chi connectivity index (χ0n) is 18.5. The molecule has 0 radical (unpaired) electrons. The van der Waals surface area contributed by atoms with Crippen molar-refractivity contribution in [2.75, 3.05) is 50.6 Å². The molecule has 2 aliphatic heterocycles. The van der Waals surface area contributed by atoms with Gasteiger partial charge in [0.05, 0.1) is 31.1 Å². The number of methoxy groups -OCH3 is 1. The van der Waals surface area contributed by atoms with Crippen LogP contribution in [0.3, 0.4) is 0 Å². The van der Waals surface area contributed by atoms with E-state index in [9.17, 15) is 4.79 Å². The molecule has 166 valence electrons. The topological polar surface area (TPSA) is 79.6 Å². The second kappa shape index (κ2) is 8.14. The van der Waals surface area contributed by atoms with Gasteiger partial charge in [-0.15, -0.1) is 0 Å². The number of pyridine rings is 1. The first-order valence-electron chi connectivity index (χ1n) is 10.8. The summed E-state index contributed by atoms with van der Waals surface area (Å²) in [5, 5.41) is 8.44. The summed E-state index contributed by atoms with van der Waals surface area (Å²) in [6.07, 6.45) is 6.04. The molecule has 0 bridgehead atoms. The first-order chi connectivity index (χ1) is 15.5. The van der Waals surface area contributed by atoms with Crippen molar-refractivity contribution in [3.63, 3.8) is 0 Å². The number of hydrogen-bond donors (Lipinski definition) is 0. The minimum Gasteiger partial charge on any atom is -0.497 e. The maximum Gasteiger partial charge on any atom is 0.256 e. The SMILES string of the molecule is COc1ccc(C(=O)N2CCC3CN(c4cc(N(C)C)ccn4)C3C2)c(-n2nccn2)c1. The van der Waals surface area contributed by atoms with Crippen molar-refractivity contribution in [3.05, 3.63) is 54.5 Å². The van der Waals surface area contributed by atoms with E-state index in [1.807, 2.05) is 31.3 Å². The molecular weight excluding hydrogens is 406 g/mol. The molecule has 2 unspecified atom stereocenters. The Kier molecular flexibility index (Phi) is 5.16. The number of benzene rings is 1. The molecule has 2 aromatic heterocycles. The average molecular weight is 434 g/mol. The van der Waals surface area contributed by atoms with Gasteiger partial charge in [0.2, 0.25) is 0 Å². The van der Waals surface area contributed by atoms with Crippen molar-refractivity contribution in [2.45, 2.75) is 12.5 Å². The van der Waals surface area contributed by atoms with Crippen LogP contribution >= 0.6 is 0 Å². The molecule has 0 N–H and O–H groups in total. The fraction of sp³-hybridized carbons (Fsp3) is 0.391. The van der Waals surface area contributed by atoms with E-state index < -0.39 is 0 Å². The summed E-state index contributed by atoms with van der Waals surface area (Å²) in [7, 11) is 5.66. The molecule has 0 saturated carbocycles. The summed E-state index contributed by atoms with van der Waals surface area (Å²) in [4.78, 5) is 26.0. The lowest BCUT2D eigenvalue weighted by molar-refractivity contribution is 0.0591. The smallest absolute Gasteiger partial charge is 0.256 e. The van der Waals surface area contributed by atoms with E-state index in [1.165, 1.54) is 4.80 Å². The quantitative estimate of drug-likeness (QED) is 0.610. The van der Waals surface area contributed by atoms with Crippen molar-refractivity contribution in [1.82, 2.24) is 24.9 Å². The Labute approximate surface area is 187 Å². The van der Waals surface area contributed by atoms with Crippen LogP contribution in [-0.2, 0) is 0 Å². The third-order valence-corrected chi connectivity index (χ3v) is 6.45. The van der Waals surface area contributed by atoms with Crippen LogP contribution in [0.1, 0.15) is 16.8 Å². The van der Waals surface area contributed by atoms with Gasteiger partial charge in [0, 0.05) is 63.7 Å². The van der Waals surface area contributed by atoms with Gasteiger partial charge in [0.15, 0.2) is 0 Å². The zero-order chi connectivity index (χ0) is 22.2. The largest absolute Gasteiger partial charge is 0.497 e. The molecule has 2 aliphatic rings. The number of amides is 1. The Bertz CT molecular complexity index is 1120. The van der Waals surface area contributed by atoms with Crippen molar-refractivity contribution in [2.24, 2.45) is 5.92 Å². The van der Waals surface area contributed by atoms with Crippen molar-refractivity contribution < 1.29 is 9.53 Å². The summed E-state index contributed by atoms with van der Waals surface area (Å²) < 4.78 is 5.35. The zero-order valence-corrected chi connectivity index (χ0v) is 18.5. The van der Waals surface area contributed by atoms with Gasteiger partial charge in [0.25, 0.3) is 5.91 Å². The van der Waals surface area contributed by atoms with E-state index in [2.05, 4.69) is 31.0 Å². The van der Waals surface area contributed by atoms with Gasteiger partial charge in [-0.2, -0.15) is 15.0 Å². The molecule has 9 heteroatoms. The Hall–Kier alpha value is -3.62. The van der Waals surface area contributed by atoms with Crippen LogP contribution in [0.15, 0.2) is 48.9 Å². The van der Waals surface area contributed by atoms with E-state index in [4.69, 9.17) is 4.74 Å². The molecule has 3 aromatic rings. The van der Waals surface area contributed by atoms with Gasteiger partial charge in [-0.05, 0) is 24.6 Å². The van der Waals surface area contributed by atoms with E-state index in [0.717, 1.165) is 31.0 Å². The van der Waals surface area contributed by atoms with Crippen LogP contribution in [0.5, 0.6) is 5.75 Å².